The van der Waals surface area contributed by atoms with Gasteiger partial charge in [-0.1, -0.05) is 26.2 Å². The van der Waals surface area contributed by atoms with Crippen LogP contribution in [-0.2, 0) is 9.59 Å². The second kappa shape index (κ2) is 4.94. The predicted molar refractivity (Wildman–Crippen MR) is 70.2 cm³/mol. The van der Waals surface area contributed by atoms with E-state index >= 15 is 0 Å². The fourth-order valence-electron chi connectivity index (χ4n) is 2.96. The molecule has 1 saturated carbocycles. The fraction of sp³-hybridized carbons (Fsp3) is 0.786. The van der Waals surface area contributed by atoms with Crippen LogP contribution in [0.2, 0.25) is 0 Å². The molecule has 1 aliphatic heterocycles. The minimum atomic E-state index is -1.15. The molecular formula is C14H22N2O3. The molecule has 106 valence electrons. The highest BCUT2D eigenvalue weighted by Gasteiger charge is 2.49. The number of barbiturate groups is 1. The first-order valence-corrected chi connectivity index (χ1v) is 7.04. The van der Waals surface area contributed by atoms with Crippen molar-refractivity contribution in [2.75, 3.05) is 0 Å². The van der Waals surface area contributed by atoms with Gasteiger partial charge in [0.15, 0.2) is 0 Å². The Labute approximate surface area is 113 Å². The van der Waals surface area contributed by atoms with Crippen LogP contribution in [-0.4, -0.2) is 28.8 Å². The first-order chi connectivity index (χ1) is 8.85. The van der Waals surface area contributed by atoms with E-state index in [0.717, 1.165) is 32.1 Å². The van der Waals surface area contributed by atoms with Crippen molar-refractivity contribution in [3.8, 4) is 0 Å². The second-order valence-corrected chi connectivity index (χ2v) is 6.24. The van der Waals surface area contributed by atoms with E-state index in [-0.39, 0.29) is 11.9 Å². The molecule has 0 aromatic rings. The van der Waals surface area contributed by atoms with E-state index in [0.29, 0.717) is 5.92 Å². The Morgan fingerprint density at radius 2 is 1.74 bits per heavy atom. The SMILES string of the molecule is CC1CCCCCC1N1C(=O)NC(=O)C(C)(C)C1=O. The summed E-state index contributed by atoms with van der Waals surface area (Å²) in [6, 6.07) is -0.629. The maximum Gasteiger partial charge on any atom is 0.331 e. The van der Waals surface area contributed by atoms with Gasteiger partial charge in [0, 0.05) is 6.04 Å². The standard InChI is InChI=1S/C14H22N2O3/c1-9-7-5-4-6-8-10(9)16-12(18)14(2,3)11(17)15-13(16)19/h9-10H,4-8H2,1-3H3,(H,15,17,19). The zero-order chi connectivity index (χ0) is 14.2. The van der Waals surface area contributed by atoms with E-state index in [1.54, 1.807) is 13.8 Å². The van der Waals surface area contributed by atoms with Crippen LogP contribution in [0.1, 0.15) is 52.9 Å². The van der Waals surface area contributed by atoms with Crippen LogP contribution < -0.4 is 5.32 Å². The molecule has 2 rings (SSSR count). The van der Waals surface area contributed by atoms with Crippen molar-refractivity contribution in [2.45, 2.75) is 58.9 Å². The molecule has 2 aliphatic rings. The number of nitrogens with zero attached hydrogens (tertiary/aromatic N) is 1. The first-order valence-electron chi connectivity index (χ1n) is 7.04. The summed E-state index contributed by atoms with van der Waals surface area (Å²) in [5.74, 6) is -0.568. The molecule has 0 aromatic heterocycles. The Bertz CT molecular complexity index is 417. The molecule has 0 spiro atoms. The normalized spacial score (nSPS) is 31.9. The summed E-state index contributed by atoms with van der Waals surface area (Å²) in [5.41, 5.74) is -1.15. The maximum absolute atomic E-state index is 12.5. The smallest absolute Gasteiger partial charge is 0.277 e. The highest BCUT2D eigenvalue weighted by molar-refractivity contribution is 6.18. The predicted octanol–water partition coefficient (Wildman–Crippen LogP) is 2.06. The Morgan fingerprint density at radius 3 is 2.42 bits per heavy atom. The van der Waals surface area contributed by atoms with Crippen molar-refractivity contribution in [3.05, 3.63) is 0 Å². The van der Waals surface area contributed by atoms with Gasteiger partial charge < -0.3 is 0 Å². The lowest BCUT2D eigenvalue weighted by Gasteiger charge is -2.40. The average molecular weight is 266 g/mol. The van der Waals surface area contributed by atoms with Crippen LogP contribution in [0, 0.1) is 11.3 Å². The number of amides is 4. The van der Waals surface area contributed by atoms with Gasteiger partial charge in [0.2, 0.25) is 11.8 Å². The summed E-state index contributed by atoms with van der Waals surface area (Å²) in [6.07, 6.45) is 5.18. The molecule has 5 nitrogen and oxygen atoms in total. The molecule has 1 heterocycles. The molecule has 1 saturated heterocycles. The lowest BCUT2D eigenvalue weighted by atomic mass is 9.86. The van der Waals surface area contributed by atoms with Gasteiger partial charge in [-0.3, -0.25) is 19.8 Å². The highest BCUT2D eigenvalue weighted by Crippen LogP contribution is 2.32. The van der Waals surface area contributed by atoms with Gasteiger partial charge in [0.1, 0.15) is 5.41 Å². The average Bonchev–Trinajstić information content (AvgIpc) is 2.53. The Balaban J connectivity index is 2.28. The van der Waals surface area contributed by atoms with Gasteiger partial charge in [-0.15, -0.1) is 0 Å². The van der Waals surface area contributed by atoms with Crippen LogP contribution in [0.25, 0.3) is 0 Å². The van der Waals surface area contributed by atoms with E-state index in [1.807, 2.05) is 0 Å². The monoisotopic (exact) mass is 266 g/mol. The molecule has 0 radical (unpaired) electrons. The third-order valence-electron chi connectivity index (χ3n) is 4.41. The molecule has 2 unspecified atom stereocenters. The molecule has 0 aromatic carbocycles. The van der Waals surface area contributed by atoms with Crippen LogP contribution in [0.3, 0.4) is 0 Å². The van der Waals surface area contributed by atoms with Crippen molar-refractivity contribution in [1.82, 2.24) is 10.2 Å². The fourth-order valence-corrected chi connectivity index (χ4v) is 2.96. The number of carbonyl (C=O) groups excluding carboxylic acids is 3. The largest absolute Gasteiger partial charge is 0.331 e. The van der Waals surface area contributed by atoms with E-state index in [1.165, 1.54) is 4.90 Å². The van der Waals surface area contributed by atoms with Gasteiger partial charge >= 0.3 is 6.03 Å². The number of hydrogen-bond donors (Lipinski definition) is 1. The number of carbonyl (C=O) groups is 3. The topological polar surface area (TPSA) is 66.5 Å². The van der Waals surface area contributed by atoms with Gasteiger partial charge in [0.25, 0.3) is 0 Å². The minimum absolute atomic E-state index is 0.0811. The van der Waals surface area contributed by atoms with Crippen LogP contribution in [0.5, 0.6) is 0 Å². The number of rotatable bonds is 1. The molecule has 4 amide bonds. The number of urea groups is 1. The van der Waals surface area contributed by atoms with Crippen LogP contribution >= 0.6 is 0 Å². The molecule has 5 heteroatoms. The Morgan fingerprint density at radius 1 is 1.11 bits per heavy atom. The maximum atomic E-state index is 12.5. The summed E-state index contributed by atoms with van der Waals surface area (Å²) in [5, 5.41) is 2.32. The summed E-state index contributed by atoms with van der Waals surface area (Å²) in [6.45, 7) is 5.23. The lowest BCUT2D eigenvalue weighted by Crippen LogP contribution is -2.65. The second-order valence-electron chi connectivity index (χ2n) is 6.24. The molecule has 1 aliphatic carbocycles. The number of imide groups is 2. The third kappa shape index (κ3) is 2.38. The zero-order valence-corrected chi connectivity index (χ0v) is 11.9. The summed E-state index contributed by atoms with van der Waals surface area (Å²) < 4.78 is 0. The number of hydrogen-bond acceptors (Lipinski definition) is 3. The summed E-state index contributed by atoms with van der Waals surface area (Å²) >= 11 is 0. The van der Waals surface area contributed by atoms with Crippen molar-refractivity contribution in [1.29, 1.82) is 0 Å². The molecule has 2 fully saturated rings. The first kappa shape index (κ1) is 14.0. The molecule has 2 atom stereocenters. The lowest BCUT2D eigenvalue weighted by molar-refractivity contribution is -0.151. The van der Waals surface area contributed by atoms with E-state index in [2.05, 4.69) is 12.2 Å². The minimum Gasteiger partial charge on any atom is -0.277 e. The summed E-state index contributed by atoms with van der Waals surface area (Å²) in [7, 11) is 0. The van der Waals surface area contributed by atoms with Crippen molar-refractivity contribution in [3.63, 3.8) is 0 Å². The Kier molecular flexibility index (Phi) is 3.65. The molecule has 19 heavy (non-hydrogen) atoms. The molecular weight excluding hydrogens is 244 g/mol. The van der Waals surface area contributed by atoms with Gasteiger partial charge in [-0.25, -0.2) is 4.79 Å². The van der Waals surface area contributed by atoms with Gasteiger partial charge in [-0.05, 0) is 32.6 Å². The van der Waals surface area contributed by atoms with Crippen LogP contribution in [0.15, 0.2) is 0 Å². The third-order valence-corrected chi connectivity index (χ3v) is 4.41. The van der Waals surface area contributed by atoms with Crippen molar-refractivity contribution < 1.29 is 14.4 Å². The zero-order valence-electron chi connectivity index (χ0n) is 11.9. The van der Waals surface area contributed by atoms with Gasteiger partial charge in [-0.2, -0.15) is 0 Å². The molecule has 0 bridgehead atoms. The highest BCUT2D eigenvalue weighted by atomic mass is 16.2. The van der Waals surface area contributed by atoms with Crippen molar-refractivity contribution >= 4 is 17.8 Å². The van der Waals surface area contributed by atoms with Crippen molar-refractivity contribution in [2.24, 2.45) is 11.3 Å². The van der Waals surface area contributed by atoms with Crippen LogP contribution in [0.4, 0.5) is 4.79 Å². The number of nitrogens with one attached hydrogen (secondary N) is 1. The van der Waals surface area contributed by atoms with E-state index < -0.39 is 17.4 Å². The Hall–Kier alpha value is -1.39. The van der Waals surface area contributed by atoms with E-state index in [9.17, 15) is 14.4 Å². The summed E-state index contributed by atoms with van der Waals surface area (Å²) in [4.78, 5) is 37.5. The quantitative estimate of drug-likeness (QED) is 0.583. The van der Waals surface area contributed by atoms with Gasteiger partial charge in [0.05, 0.1) is 0 Å². The van der Waals surface area contributed by atoms with E-state index in [4.69, 9.17) is 0 Å². The molecule has 1 N–H and O–H groups in total.